The van der Waals surface area contributed by atoms with E-state index in [2.05, 4.69) is 5.32 Å². The number of fused-ring (bicyclic) bond motifs is 1. The fraction of sp³-hybridized carbons (Fsp3) is 0.217. The van der Waals surface area contributed by atoms with Gasteiger partial charge >= 0.3 is 0 Å². The van der Waals surface area contributed by atoms with Gasteiger partial charge in [-0.3, -0.25) is 9.59 Å². The number of anilines is 1. The van der Waals surface area contributed by atoms with Gasteiger partial charge in [0.15, 0.2) is 0 Å². The van der Waals surface area contributed by atoms with Gasteiger partial charge < -0.3 is 19.7 Å². The number of amides is 2. The molecule has 2 amide bonds. The van der Waals surface area contributed by atoms with E-state index in [9.17, 15) is 9.59 Å². The SMILES string of the molecule is COc1ccc(OC)c(NC(=O)C[C@@H](c2cccs2)N2Cc3ccccc3C2=O)c1. The summed E-state index contributed by atoms with van der Waals surface area (Å²) in [6, 6.07) is 16.4. The fourth-order valence-corrected chi connectivity index (χ4v) is 4.50. The molecule has 0 fully saturated rings. The van der Waals surface area contributed by atoms with Crippen molar-refractivity contribution in [1.82, 2.24) is 4.90 Å². The number of nitrogens with zero attached hydrogens (tertiary/aromatic N) is 1. The zero-order valence-electron chi connectivity index (χ0n) is 16.8. The average Bonchev–Trinajstić information content (AvgIpc) is 3.41. The van der Waals surface area contributed by atoms with Crippen LogP contribution in [-0.2, 0) is 11.3 Å². The van der Waals surface area contributed by atoms with Gasteiger partial charge in [-0.1, -0.05) is 24.3 Å². The van der Waals surface area contributed by atoms with Crippen molar-refractivity contribution in [3.05, 3.63) is 76.0 Å². The average molecular weight is 423 g/mol. The second kappa shape index (κ2) is 8.59. The molecule has 0 aliphatic carbocycles. The summed E-state index contributed by atoms with van der Waals surface area (Å²) >= 11 is 1.54. The first-order chi connectivity index (χ1) is 14.6. The van der Waals surface area contributed by atoms with Gasteiger partial charge in [-0.25, -0.2) is 0 Å². The molecule has 6 nitrogen and oxygen atoms in total. The maximum atomic E-state index is 13.0. The minimum Gasteiger partial charge on any atom is -0.497 e. The molecular formula is C23H22N2O4S. The van der Waals surface area contributed by atoms with Crippen LogP contribution in [0.4, 0.5) is 5.69 Å². The van der Waals surface area contributed by atoms with E-state index in [-0.39, 0.29) is 24.3 Å². The lowest BCUT2D eigenvalue weighted by atomic mass is 10.1. The molecule has 1 aliphatic heterocycles. The van der Waals surface area contributed by atoms with Crippen LogP contribution in [0.15, 0.2) is 60.0 Å². The molecule has 0 unspecified atom stereocenters. The number of rotatable bonds is 7. The Balaban J connectivity index is 1.57. The van der Waals surface area contributed by atoms with Crippen molar-refractivity contribution < 1.29 is 19.1 Å². The van der Waals surface area contributed by atoms with Crippen molar-refractivity contribution in [1.29, 1.82) is 0 Å². The van der Waals surface area contributed by atoms with E-state index in [1.165, 1.54) is 0 Å². The molecular weight excluding hydrogens is 400 g/mol. The molecule has 1 aromatic heterocycles. The number of carbonyl (C=O) groups is 2. The third-order valence-electron chi connectivity index (χ3n) is 5.16. The molecule has 30 heavy (non-hydrogen) atoms. The molecule has 0 saturated heterocycles. The summed E-state index contributed by atoms with van der Waals surface area (Å²) in [5.41, 5.74) is 2.22. The van der Waals surface area contributed by atoms with Crippen molar-refractivity contribution in [2.45, 2.75) is 19.0 Å². The van der Waals surface area contributed by atoms with Crippen LogP contribution in [0.2, 0.25) is 0 Å². The number of thiophene rings is 1. The summed E-state index contributed by atoms with van der Waals surface area (Å²) in [4.78, 5) is 28.8. The zero-order chi connectivity index (χ0) is 21.1. The van der Waals surface area contributed by atoms with Gasteiger partial charge in [-0.05, 0) is 35.2 Å². The van der Waals surface area contributed by atoms with E-state index in [1.807, 2.05) is 41.8 Å². The molecule has 0 radical (unpaired) electrons. The lowest BCUT2D eigenvalue weighted by molar-refractivity contribution is -0.117. The van der Waals surface area contributed by atoms with Crippen LogP contribution in [-0.4, -0.2) is 30.9 Å². The Hall–Kier alpha value is -3.32. The van der Waals surface area contributed by atoms with Crippen LogP contribution in [0.1, 0.15) is 33.3 Å². The first kappa shape index (κ1) is 20.0. The van der Waals surface area contributed by atoms with Crippen molar-refractivity contribution in [2.75, 3.05) is 19.5 Å². The summed E-state index contributed by atoms with van der Waals surface area (Å²) in [7, 11) is 3.11. The topological polar surface area (TPSA) is 67.9 Å². The number of hydrogen-bond donors (Lipinski definition) is 1. The number of carbonyl (C=O) groups excluding carboxylic acids is 2. The Kier molecular flexibility index (Phi) is 5.72. The monoisotopic (exact) mass is 422 g/mol. The Bertz CT molecular complexity index is 1060. The molecule has 0 spiro atoms. The summed E-state index contributed by atoms with van der Waals surface area (Å²) in [5.74, 6) is 0.909. The molecule has 7 heteroatoms. The number of nitrogens with one attached hydrogen (secondary N) is 1. The van der Waals surface area contributed by atoms with Gasteiger partial charge in [0.1, 0.15) is 11.5 Å². The lowest BCUT2D eigenvalue weighted by Gasteiger charge is -2.27. The molecule has 1 aliphatic rings. The summed E-state index contributed by atoms with van der Waals surface area (Å²) in [5, 5.41) is 4.87. The molecule has 0 saturated carbocycles. The van der Waals surface area contributed by atoms with E-state index >= 15 is 0 Å². The molecule has 2 aromatic carbocycles. The maximum absolute atomic E-state index is 13.0. The molecule has 0 bridgehead atoms. The van der Waals surface area contributed by atoms with Gasteiger partial charge in [-0.2, -0.15) is 0 Å². The lowest BCUT2D eigenvalue weighted by Crippen LogP contribution is -2.31. The molecule has 4 rings (SSSR count). The maximum Gasteiger partial charge on any atom is 0.255 e. The quantitative estimate of drug-likeness (QED) is 0.609. The number of methoxy groups -OCH3 is 2. The highest BCUT2D eigenvalue weighted by molar-refractivity contribution is 7.10. The van der Waals surface area contributed by atoms with Gasteiger partial charge in [0.25, 0.3) is 5.91 Å². The van der Waals surface area contributed by atoms with Crippen molar-refractivity contribution in [3.63, 3.8) is 0 Å². The van der Waals surface area contributed by atoms with Gasteiger partial charge in [0.2, 0.25) is 5.91 Å². The van der Waals surface area contributed by atoms with Gasteiger partial charge in [0.05, 0.1) is 32.4 Å². The van der Waals surface area contributed by atoms with E-state index in [0.717, 1.165) is 10.4 Å². The summed E-state index contributed by atoms with van der Waals surface area (Å²) < 4.78 is 10.6. The normalized spacial score (nSPS) is 13.7. The summed E-state index contributed by atoms with van der Waals surface area (Å²) in [6.45, 7) is 0.493. The largest absolute Gasteiger partial charge is 0.497 e. The first-order valence-electron chi connectivity index (χ1n) is 9.55. The van der Waals surface area contributed by atoms with Crippen LogP contribution in [0.25, 0.3) is 0 Å². The Labute approximate surface area is 179 Å². The van der Waals surface area contributed by atoms with Crippen LogP contribution in [0.3, 0.4) is 0 Å². The van der Waals surface area contributed by atoms with Crippen molar-refractivity contribution in [3.8, 4) is 11.5 Å². The molecule has 3 aromatic rings. The fourth-order valence-electron chi connectivity index (χ4n) is 3.66. The van der Waals surface area contributed by atoms with Crippen LogP contribution >= 0.6 is 11.3 Å². The van der Waals surface area contributed by atoms with Crippen LogP contribution < -0.4 is 14.8 Å². The van der Waals surface area contributed by atoms with Crippen LogP contribution in [0.5, 0.6) is 11.5 Å². The van der Waals surface area contributed by atoms with Crippen molar-refractivity contribution >= 4 is 28.8 Å². The van der Waals surface area contributed by atoms with Crippen molar-refractivity contribution in [2.24, 2.45) is 0 Å². The number of hydrogen-bond acceptors (Lipinski definition) is 5. The second-order valence-electron chi connectivity index (χ2n) is 6.94. The minimum atomic E-state index is -0.346. The molecule has 154 valence electrons. The molecule has 1 atom stereocenters. The summed E-state index contributed by atoms with van der Waals surface area (Å²) in [6.07, 6.45) is 0.139. The predicted molar refractivity (Wildman–Crippen MR) is 116 cm³/mol. The highest BCUT2D eigenvalue weighted by atomic mass is 32.1. The third kappa shape index (κ3) is 3.89. The standard InChI is InChI=1S/C23H22N2O4S/c1-28-16-9-10-20(29-2)18(12-16)24-22(26)13-19(21-8-5-11-30-21)25-14-15-6-3-4-7-17(15)23(25)27/h3-12,19H,13-14H2,1-2H3,(H,24,26)/t19-/m0/s1. The van der Waals surface area contributed by atoms with E-state index in [0.29, 0.717) is 29.3 Å². The number of benzene rings is 2. The predicted octanol–water partition coefficient (Wildman–Crippen LogP) is 4.49. The Morgan fingerprint density at radius 2 is 1.97 bits per heavy atom. The highest BCUT2D eigenvalue weighted by Gasteiger charge is 2.35. The minimum absolute atomic E-state index is 0.0456. The van der Waals surface area contributed by atoms with Gasteiger partial charge in [-0.15, -0.1) is 11.3 Å². The third-order valence-corrected chi connectivity index (χ3v) is 6.13. The first-order valence-corrected chi connectivity index (χ1v) is 10.4. The highest BCUT2D eigenvalue weighted by Crippen LogP contribution is 2.36. The smallest absolute Gasteiger partial charge is 0.255 e. The number of ether oxygens (including phenoxy) is 2. The molecule has 1 N–H and O–H groups in total. The van der Waals surface area contributed by atoms with E-state index in [4.69, 9.17) is 9.47 Å². The molecule has 2 heterocycles. The van der Waals surface area contributed by atoms with Crippen LogP contribution in [0, 0.1) is 0 Å². The second-order valence-corrected chi connectivity index (χ2v) is 7.92. The zero-order valence-corrected chi connectivity index (χ0v) is 17.6. The van der Waals surface area contributed by atoms with E-state index < -0.39 is 0 Å². The van der Waals surface area contributed by atoms with E-state index in [1.54, 1.807) is 48.7 Å². The Morgan fingerprint density at radius 3 is 2.67 bits per heavy atom. The van der Waals surface area contributed by atoms with Gasteiger partial charge in [0, 0.05) is 23.1 Å². The Morgan fingerprint density at radius 1 is 1.13 bits per heavy atom.